The average molecular weight is 566 g/mol. The first-order valence-corrected chi connectivity index (χ1v) is 14.7. The van der Waals surface area contributed by atoms with Gasteiger partial charge in [-0.2, -0.15) is 0 Å². The topological polar surface area (TPSA) is 75.1 Å². The molecule has 1 N–H and O–H groups in total. The number of piperidine rings is 1. The molecule has 2 aromatic heterocycles. The van der Waals surface area contributed by atoms with Crippen molar-refractivity contribution in [3.8, 4) is 17.6 Å². The van der Waals surface area contributed by atoms with Gasteiger partial charge < -0.3 is 14.6 Å². The van der Waals surface area contributed by atoms with E-state index in [1.165, 1.54) is 0 Å². The van der Waals surface area contributed by atoms with Gasteiger partial charge in [-0.15, -0.1) is 11.3 Å². The number of fused-ring (bicyclic) bond motifs is 1. The summed E-state index contributed by atoms with van der Waals surface area (Å²) in [5.74, 6) is 6.18. The molecule has 0 unspecified atom stereocenters. The molecular weight excluding hydrogens is 529 g/mol. The number of ether oxygens (including phenoxy) is 2. The van der Waals surface area contributed by atoms with Gasteiger partial charge in [0.05, 0.1) is 42.7 Å². The Morgan fingerprint density at radius 2 is 2.02 bits per heavy atom. The molecule has 5 rings (SSSR count). The van der Waals surface area contributed by atoms with E-state index in [0.717, 1.165) is 28.9 Å². The smallest absolute Gasteiger partial charge is 0.309 e. The number of hydrogen-bond acceptors (Lipinski definition) is 7. The van der Waals surface area contributed by atoms with E-state index in [4.69, 9.17) is 9.47 Å². The number of carboxylic acid groups (broad SMARTS) is 1. The van der Waals surface area contributed by atoms with Gasteiger partial charge in [0.25, 0.3) is 0 Å². The fourth-order valence-electron chi connectivity index (χ4n) is 5.70. The van der Waals surface area contributed by atoms with Crippen molar-refractivity contribution in [3.05, 3.63) is 57.9 Å². The first kappa shape index (κ1) is 28.5. The van der Waals surface area contributed by atoms with Crippen LogP contribution >= 0.6 is 11.3 Å². The number of hydrogen-bond donors (Lipinski definition) is 1. The maximum Gasteiger partial charge on any atom is 0.309 e. The molecule has 2 fully saturated rings. The van der Waals surface area contributed by atoms with Crippen LogP contribution in [0.25, 0.3) is 10.9 Å². The minimum Gasteiger partial charge on any atom is -0.497 e. The summed E-state index contributed by atoms with van der Waals surface area (Å²) in [5, 5.41) is 13.0. The van der Waals surface area contributed by atoms with E-state index in [-0.39, 0.29) is 12.8 Å². The lowest BCUT2D eigenvalue weighted by Gasteiger charge is -2.38. The molecule has 0 saturated carbocycles. The summed E-state index contributed by atoms with van der Waals surface area (Å²) in [5.41, 5.74) is 1.19. The molecule has 2 aliphatic rings. The zero-order chi connectivity index (χ0) is 28.0. The second kappa shape index (κ2) is 13.1. The number of halogens is 1. The summed E-state index contributed by atoms with van der Waals surface area (Å²) in [6.07, 6.45) is 1.84. The lowest BCUT2D eigenvalue weighted by molar-refractivity contribution is -0.152. The summed E-state index contributed by atoms with van der Waals surface area (Å²) in [6.45, 7) is 5.33. The summed E-state index contributed by atoms with van der Waals surface area (Å²) < 4.78 is 27.3. The Morgan fingerprint density at radius 1 is 1.23 bits per heavy atom. The molecule has 9 heteroatoms. The van der Waals surface area contributed by atoms with Gasteiger partial charge in [-0.3, -0.25) is 19.6 Å². The van der Waals surface area contributed by atoms with Crippen molar-refractivity contribution in [2.24, 2.45) is 5.41 Å². The maximum atomic E-state index is 16.3. The zero-order valence-corrected chi connectivity index (χ0v) is 23.7. The quantitative estimate of drug-likeness (QED) is 0.360. The third-order valence-electron chi connectivity index (χ3n) is 8.19. The molecule has 7 nitrogen and oxygen atoms in total. The Bertz CT molecular complexity index is 1360. The molecule has 2 aliphatic heterocycles. The number of aliphatic carboxylic acids is 1. The maximum absolute atomic E-state index is 16.3. The monoisotopic (exact) mass is 565 g/mol. The summed E-state index contributed by atoms with van der Waals surface area (Å²) in [6, 6.07) is 9.48. The van der Waals surface area contributed by atoms with Crippen molar-refractivity contribution in [1.29, 1.82) is 0 Å². The molecule has 0 bridgehead atoms. The van der Waals surface area contributed by atoms with E-state index in [0.29, 0.717) is 69.1 Å². The molecule has 0 amide bonds. The van der Waals surface area contributed by atoms with Crippen LogP contribution in [-0.2, 0) is 16.1 Å². The van der Waals surface area contributed by atoms with E-state index in [1.54, 1.807) is 24.6 Å². The predicted octanol–water partition coefficient (Wildman–Crippen LogP) is 5.15. The van der Waals surface area contributed by atoms with Crippen LogP contribution < -0.4 is 4.74 Å². The van der Waals surface area contributed by atoms with Crippen LogP contribution in [0, 0.1) is 17.3 Å². The van der Waals surface area contributed by atoms with Gasteiger partial charge in [0, 0.05) is 49.9 Å². The van der Waals surface area contributed by atoms with Gasteiger partial charge in [-0.05, 0) is 60.9 Å². The Kier molecular flexibility index (Phi) is 9.33. The van der Waals surface area contributed by atoms with Crippen LogP contribution in [0.4, 0.5) is 4.39 Å². The third-order valence-corrected chi connectivity index (χ3v) is 8.97. The van der Waals surface area contributed by atoms with Crippen LogP contribution in [0.1, 0.15) is 47.9 Å². The highest BCUT2D eigenvalue weighted by atomic mass is 32.1. The van der Waals surface area contributed by atoms with Crippen LogP contribution in [0.15, 0.2) is 41.9 Å². The van der Waals surface area contributed by atoms with E-state index >= 15 is 4.39 Å². The summed E-state index contributed by atoms with van der Waals surface area (Å²) in [4.78, 5) is 22.6. The van der Waals surface area contributed by atoms with Gasteiger partial charge in [0.1, 0.15) is 11.9 Å². The molecule has 0 radical (unpaired) electrons. The first-order chi connectivity index (χ1) is 19.5. The summed E-state index contributed by atoms with van der Waals surface area (Å²) in [7, 11) is 1.59. The Labute approximate surface area is 238 Å². The number of carboxylic acids is 1. The molecule has 2 saturated heterocycles. The fourth-order valence-corrected chi connectivity index (χ4v) is 6.29. The lowest BCUT2D eigenvalue weighted by atomic mass is 9.74. The van der Waals surface area contributed by atoms with E-state index < -0.39 is 17.6 Å². The SMILES string of the molecule is COc1ccc2ncc(CN3CCOCC3)c([C@@H](F)CCC3(C(=O)O)CCN(CC#Cc4cccs4)CC3)c2c1. The van der Waals surface area contributed by atoms with Crippen LogP contribution in [-0.4, -0.2) is 78.9 Å². The highest BCUT2D eigenvalue weighted by molar-refractivity contribution is 7.10. The number of rotatable bonds is 9. The summed E-state index contributed by atoms with van der Waals surface area (Å²) >= 11 is 1.61. The molecule has 0 spiro atoms. The second-order valence-electron chi connectivity index (χ2n) is 10.6. The van der Waals surface area contributed by atoms with E-state index in [2.05, 4.69) is 26.6 Å². The second-order valence-corrected chi connectivity index (χ2v) is 11.6. The average Bonchev–Trinajstić information content (AvgIpc) is 3.50. The number of aromatic nitrogens is 1. The molecule has 40 heavy (non-hydrogen) atoms. The number of carbonyl (C=O) groups is 1. The number of thiophene rings is 1. The number of nitrogens with zero attached hydrogens (tertiary/aromatic N) is 3. The van der Waals surface area contributed by atoms with Crippen LogP contribution in [0.5, 0.6) is 5.75 Å². The minimum atomic E-state index is -1.32. The minimum absolute atomic E-state index is 0.136. The van der Waals surface area contributed by atoms with Crippen molar-refractivity contribution in [2.45, 2.75) is 38.4 Å². The van der Waals surface area contributed by atoms with Gasteiger partial charge >= 0.3 is 5.97 Å². The number of methoxy groups -OCH3 is 1. The molecule has 4 heterocycles. The highest BCUT2D eigenvalue weighted by Crippen LogP contribution is 2.41. The van der Waals surface area contributed by atoms with Crippen molar-refractivity contribution in [3.63, 3.8) is 0 Å². The molecule has 3 aromatic rings. The van der Waals surface area contributed by atoms with Gasteiger partial charge in [0.2, 0.25) is 0 Å². The van der Waals surface area contributed by atoms with Crippen molar-refractivity contribution >= 4 is 28.2 Å². The van der Waals surface area contributed by atoms with Gasteiger partial charge in [-0.1, -0.05) is 17.9 Å². The number of morpholine rings is 1. The third kappa shape index (κ3) is 6.64. The van der Waals surface area contributed by atoms with Crippen molar-refractivity contribution in [1.82, 2.24) is 14.8 Å². The number of alkyl halides is 1. The van der Waals surface area contributed by atoms with Crippen molar-refractivity contribution < 1.29 is 23.8 Å². The van der Waals surface area contributed by atoms with Gasteiger partial charge in [-0.25, -0.2) is 4.39 Å². The molecule has 1 aromatic carbocycles. The lowest BCUT2D eigenvalue weighted by Crippen LogP contribution is -2.44. The Hall–Kier alpha value is -3.03. The fraction of sp³-hybridized carbons (Fsp3) is 0.484. The highest BCUT2D eigenvalue weighted by Gasteiger charge is 2.41. The van der Waals surface area contributed by atoms with Gasteiger partial charge in [0.15, 0.2) is 0 Å². The number of benzene rings is 1. The van der Waals surface area contributed by atoms with Crippen LogP contribution in [0.3, 0.4) is 0 Å². The standard InChI is InChI=1S/C31H36FN3O4S/c1-38-24-6-7-28-26(20-24)29(23(21-33-28)22-35-15-17-39-18-16-35)27(32)8-9-31(30(36)37)10-13-34(14-11-31)12-2-4-25-5-3-19-40-25/h3,5-7,19-21,27H,8-18,22H2,1H3,(H,36,37)/t27-/m0/s1. The number of likely N-dealkylation sites (tertiary alicyclic amines) is 1. The van der Waals surface area contributed by atoms with E-state index in [9.17, 15) is 9.90 Å². The van der Waals surface area contributed by atoms with Crippen molar-refractivity contribution in [2.75, 3.05) is 53.0 Å². The molecule has 212 valence electrons. The number of pyridine rings is 1. The molecule has 0 aliphatic carbocycles. The van der Waals surface area contributed by atoms with Crippen LogP contribution in [0.2, 0.25) is 0 Å². The first-order valence-electron chi connectivity index (χ1n) is 13.9. The predicted molar refractivity (Wildman–Crippen MR) is 154 cm³/mol. The zero-order valence-electron chi connectivity index (χ0n) is 22.9. The Morgan fingerprint density at radius 3 is 2.73 bits per heavy atom. The Balaban J connectivity index is 1.31. The molecule has 1 atom stereocenters. The largest absolute Gasteiger partial charge is 0.497 e. The van der Waals surface area contributed by atoms with E-state index in [1.807, 2.05) is 35.7 Å². The normalized spacial score (nSPS) is 18.6. The molecular formula is C31H36FN3O4S.